The summed E-state index contributed by atoms with van der Waals surface area (Å²) in [6.45, 7) is 1.30. The highest BCUT2D eigenvalue weighted by molar-refractivity contribution is 8.00. The minimum atomic E-state index is -0.588. The van der Waals surface area contributed by atoms with Gasteiger partial charge in [0.05, 0.1) is 11.5 Å². The van der Waals surface area contributed by atoms with Crippen LogP contribution in [0.3, 0.4) is 0 Å². The first-order valence-electron chi connectivity index (χ1n) is 7.99. The van der Waals surface area contributed by atoms with Gasteiger partial charge >= 0.3 is 5.97 Å². The lowest BCUT2D eigenvalue weighted by Gasteiger charge is -2.03. The average Bonchev–Trinajstić information content (AvgIpc) is 3.25. The zero-order chi connectivity index (χ0) is 19.2. The Morgan fingerprint density at radius 3 is 2.74 bits per heavy atom. The van der Waals surface area contributed by atoms with Crippen LogP contribution in [-0.4, -0.2) is 40.9 Å². The van der Waals surface area contributed by atoms with Crippen molar-refractivity contribution in [2.75, 3.05) is 23.4 Å². The predicted octanol–water partition coefficient (Wildman–Crippen LogP) is 2.83. The smallest absolute Gasteiger partial charge is 0.316 e. The number of rotatable bonds is 8. The summed E-state index contributed by atoms with van der Waals surface area (Å²) in [6.07, 6.45) is 0. The number of ether oxygens (including phenoxy) is 1. The van der Waals surface area contributed by atoms with Crippen LogP contribution in [0.1, 0.15) is 16.3 Å². The number of esters is 1. The molecule has 1 N–H and O–H groups in total. The largest absolute Gasteiger partial charge is 0.457 e. The molecule has 1 amide bonds. The van der Waals surface area contributed by atoms with E-state index in [9.17, 15) is 14.4 Å². The number of nitrogens with one attached hydrogen (secondary N) is 1. The van der Waals surface area contributed by atoms with Crippen LogP contribution in [0.4, 0.5) is 5.82 Å². The van der Waals surface area contributed by atoms with Crippen molar-refractivity contribution in [3.8, 4) is 0 Å². The first kappa shape index (κ1) is 18.7. The van der Waals surface area contributed by atoms with Gasteiger partial charge < -0.3 is 19.0 Å². The van der Waals surface area contributed by atoms with Gasteiger partial charge in [-0.3, -0.25) is 14.4 Å². The van der Waals surface area contributed by atoms with E-state index in [1.54, 1.807) is 31.2 Å². The Morgan fingerprint density at radius 2 is 2.00 bits per heavy atom. The van der Waals surface area contributed by atoms with Crippen molar-refractivity contribution in [1.29, 1.82) is 0 Å². The van der Waals surface area contributed by atoms with Gasteiger partial charge in [-0.15, -0.1) is 11.8 Å². The zero-order valence-electron chi connectivity index (χ0n) is 14.4. The number of Topliss-reactive ketones (excluding diaryl/α,β-unsaturated/α-hetero) is 1. The third-order valence-corrected chi connectivity index (χ3v) is 4.32. The number of aryl methyl sites for hydroxylation is 1. The van der Waals surface area contributed by atoms with Gasteiger partial charge in [-0.25, -0.2) is 0 Å². The second-order valence-electron chi connectivity index (χ2n) is 5.60. The molecule has 0 atom stereocenters. The van der Waals surface area contributed by atoms with Crippen molar-refractivity contribution in [3.63, 3.8) is 0 Å². The highest BCUT2D eigenvalue weighted by Crippen LogP contribution is 2.19. The minimum absolute atomic E-state index is 0.0402. The van der Waals surface area contributed by atoms with Crippen molar-refractivity contribution in [2.45, 2.75) is 6.92 Å². The number of para-hydroxylation sites is 1. The van der Waals surface area contributed by atoms with E-state index in [0.29, 0.717) is 17.2 Å². The van der Waals surface area contributed by atoms with Crippen LogP contribution in [0.15, 0.2) is 45.3 Å². The standard InChI is InChI=1S/C18H16N2O6S/c1-11-6-16(20-26-11)19-17(22)9-27-10-18(23)24-8-13(21)15-7-12-4-2-3-5-14(12)25-15/h2-7H,8-10H2,1H3,(H,19,20,22). The van der Waals surface area contributed by atoms with Crippen LogP contribution in [0.25, 0.3) is 11.0 Å². The Hall–Kier alpha value is -3.07. The molecule has 3 aromatic rings. The van der Waals surface area contributed by atoms with Crippen molar-refractivity contribution in [1.82, 2.24) is 5.16 Å². The van der Waals surface area contributed by atoms with Gasteiger partial charge in [0.2, 0.25) is 11.7 Å². The summed E-state index contributed by atoms with van der Waals surface area (Å²) < 4.78 is 15.2. The van der Waals surface area contributed by atoms with Crippen molar-refractivity contribution in [2.24, 2.45) is 0 Å². The molecule has 0 saturated carbocycles. The van der Waals surface area contributed by atoms with Gasteiger partial charge in [0.25, 0.3) is 0 Å². The molecule has 0 saturated heterocycles. The highest BCUT2D eigenvalue weighted by atomic mass is 32.2. The average molecular weight is 388 g/mol. The summed E-state index contributed by atoms with van der Waals surface area (Å²) in [6, 6.07) is 10.4. The maximum Gasteiger partial charge on any atom is 0.316 e. The fourth-order valence-electron chi connectivity index (χ4n) is 2.21. The number of carbonyl (C=O) groups excluding carboxylic acids is 3. The first-order valence-corrected chi connectivity index (χ1v) is 9.15. The summed E-state index contributed by atoms with van der Waals surface area (Å²) in [5, 5.41) is 6.98. The van der Waals surface area contributed by atoms with E-state index in [-0.39, 0.29) is 23.2 Å². The van der Waals surface area contributed by atoms with E-state index in [2.05, 4.69) is 10.5 Å². The van der Waals surface area contributed by atoms with E-state index in [1.807, 2.05) is 12.1 Å². The zero-order valence-corrected chi connectivity index (χ0v) is 15.2. The number of fused-ring (bicyclic) bond motifs is 1. The van der Waals surface area contributed by atoms with E-state index < -0.39 is 18.4 Å². The van der Waals surface area contributed by atoms with Crippen LogP contribution < -0.4 is 5.32 Å². The third-order valence-electron chi connectivity index (χ3n) is 3.41. The number of anilines is 1. The maximum atomic E-state index is 12.0. The van der Waals surface area contributed by atoms with Gasteiger partial charge in [0.15, 0.2) is 18.2 Å². The Balaban J connectivity index is 1.37. The van der Waals surface area contributed by atoms with E-state index in [0.717, 1.165) is 17.1 Å². The Kier molecular flexibility index (Phi) is 5.92. The summed E-state index contributed by atoms with van der Waals surface area (Å²) in [4.78, 5) is 35.5. The molecule has 27 heavy (non-hydrogen) atoms. The molecule has 0 radical (unpaired) electrons. The second kappa shape index (κ2) is 8.54. The number of hydrogen-bond acceptors (Lipinski definition) is 8. The molecule has 0 fully saturated rings. The molecule has 1 aromatic carbocycles. The van der Waals surface area contributed by atoms with Crippen LogP contribution in [0.2, 0.25) is 0 Å². The third kappa shape index (κ3) is 5.20. The van der Waals surface area contributed by atoms with Crippen LogP contribution in [0.5, 0.6) is 0 Å². The van der Waals surface area contributed by atoms with Crippen molar-refractivity contribution >= 4 is 46.2 Å². The van der Waals surface area contributed by atoms with Gasteiger partial charge in [0.1, 0.15) is 11.3 Å². The van der Waals surface area contributed by atoms with E-state index >= 15 is 0 Å². The fraction of sp³-hybridized carbons (Fsp3) is 0.222. The molecule has 0 unspecified atom stereocenters. The molecule has 0 aliphatic carbocycles. The molecular formula is C18H16N2O6S. The predicted molar refractivity (Wildman–Crippen MR) is 98.7 cm³/mol. The first-order chi connectivity index (χ1) is 13.0. The number of carbonyl (C=O) groups is 3. The molecule has 2 heterocycles. The molecule has 0 aliphatic heterocycles. The van der Waals surface area contributed by atoms with Crippen LogP contribution in [0, 0.1) is 6.92 Å². The molecule has 8 nitrogen and oxygen atoms in total. The number of amides is 1. The highest BCUT2D eigenvalue weighted by Gasteiger charge is 2.15. The lowest BCUT2D eigenvalue weighted by Crippen LogP contribution is -2.18. The number of nitrogens with zero attached hydrogens (tertiary/aromatic N) is 1. The van der Waals surface area contributed by atoms with Gasteiger partial charge in [-0.05, 0) is 19.1 Å². The summed E-state index contributed by atoms with van der Waals surface area (Å²) in [5.74, 6) is -0.318. The lowest BCUT2D eigenvalue weighted by atomic mass is 10.2. The fourth-order valence-corrected chi connectivity index (χ4v) is 2.82. The molecule has 140 valence electrons. The number of benzene rings is 1. The molecular weight excluding hydrogens is 372 g/mol. The molecule has 0 bridgehead atoms. The Morgan fingerprint density at radius 1 is 1.19 bits per heavy atom. The molecule has 3 rings (SSSR count). The van der Waals surface area contributed by atoms with Gasteiger partial charge in [-0.1, -0.05) is 23.4 Å². The van der Waals surface area contributed by atoms with E-state index in [1.165, 1.54) is 0 Å². The normalized spacial score (nSPS) is 10.7. The monoisotopic (exact) mass is 388 g/mol. The number of furan rings is 1. The maximum absolute atomic E-state index is 12.0. The van der Waals surface area contributed by atoms with Gasteiger partial charge in [0, 0.05) is 11.5 Å². The molecule has 2 aromatic heterocycles. The van der Waals surface area contributed by atoms with Crippen molar-refractivity contribution in [3.05, 3.63) is 47.9 Å². The van der Waals surface area contributed by atoms with Crippen molar-refractivity contribution < 1.29 is 28.1 Å². The number of aromatic nitrogens is 1. The number of hydrogen-bond donors (Lipinski definition) is 1. The van der Waals surface area contributed by atoms with E-state index in [4.69, 9.17) is 13.7 Å². The van der Waals surface area contributed by atoms with Crippen LogP contribution >= 0.6 is 11.8 Å². The second-order valence-corrected chi connectivity index (χ2v) is 6.58. The Labute approximate surface area is 158 Å². The summed E-state index contributed by atoms with van der Waals surface area (Å²) in [7, 11) is 0. The number of ketones is 1. The number of thioether (sulfide) groups is 1. The molecule has 0 aliphatic rings. The minimum Gasteiger partial charge on any atom is -0.457 e. The summed E-state index contributed by atoms with van der Waals surface area (Å²) in [5.41, 5.74) is 0.594. The van der Waals surface area contributed by atoms with Gasteiger partial charge in [-0.2, -0.15) is 0 Å². The topological polar surface area (TPSA) is 112 Å². The SMILES string of the molecule is Cc1cc(NC(=O)CSCC(=O)OCC(=O)c2cc3ccccc3o2)no1. The molecule has 0 spiro atoms. The Bertz CT molecular complexity index is 944. The summed E-state index contributed by atoms with van der Waals surface area (Å²) >= 11 is 1.07. The quantitative estimate of drug-likeness (QED) is 0.463. The lowest BCUT2D eigenvalue weighted by molar-refractivity contribution is -0.139. The molecule has 9 heteroatoms. The van der Waals surface area contributed by atoms with Crippen LogP contribution in [-0.2, 0) is 14.3 Å².